The van der Waals surface area contributed by atoms with E-state index in [-0.39, 0.29) is 21.8 Å². The number of alkyl halides is 3. The Bertz CT molecular complexity index is 829. The second-order valence-corrected chi connectivity index (χ2v) is 4.82. The van der Waals surface area contributed by atoms with Crippen LogP contribution in [0.3, 0.4) is 0 Å². The predicted octanol–water partition coefficient (Wildman–Crippen LogP) is 4.14. The molecule has 9 heteroatoms. The summed E-state index contributed by atoms with van der Waals surface area (Å²) in [5.41, 5.74) is -0.347. The zero-order chi connectivity index (χ0) is 15.2. The molecule has 4 nitrogen and oxygen atoms in total. The van der Waals surface area contributed by atoms with Gasteiger partial charge in [0.25, 0.3) is 0 Å². The van der Waals surface area contributed by atoms with E-state index >= 15 is 0 Å². The molecule has 0 amide bonds. The van der Waals surface area contributed by atoms with E-state index in [4.69, 9.17) is 23.2 Å². The van der Waals surface area contributed by atoms with E-state index < -0.39 is 11.7 Å². The van der Waals surface area contributed by atoms with Crippen LogP contribution in [0.5, 0.6) is 0 Å². The van der Waals surface area contributed by atoms with Gasteiger partial charge in [0.15, 0.2) is 5.65 Å². The number of rotatable bonds is 1. The fourth-order valence-electron chi connectivity index (χ4n) is 1.85. The molecule has 1 aromatic carbocycles. The van der Waals surface area contributed by atoms with E-state index in [0.717, 1.165) is 12.1 Å². The van der Waals surface area contributed by atoms with Gasteiger partial charge in [0.05, 0.1) is 22.8 Å². The van der Waals surface area contributed by atoms with E-state index in [2.05, 4.69) is 15.1 Å². The van der Waals surface area contributed by atoms with Crippen LogP contribution in [0.1, 0.15) is 5.56 Å². The van der Waals surface area contributed by atoms with Gasteiger partial charge in [-0.15, -0.1) is 0 Å². The minimum atomic E-state index is -4.44. The van der Waals surface area contributed by atoms with Crippen LogP contribution < -0.4 is 0 Å². The molecular formula is C12H5Cl2F3N4. The molecule has 21 heavy (non-hydrogen) atoms. The molecule has 0 aliphatic carbocycles. The normalized spacial score (nSPS) is 12.0. The van der Waals surface area contributed by atoms with Crippen molar-refractivity contribution in [3.8, 4) is 5.69 Å². The maximum Gasteiger partial charge on any atom is 0.416 e. The summed E-state index contributed by atoms with van der Waals surface area (Å²) in [7, 11) is 0. The SMILES string of the molecule is FC(F)(F)c1cccc(-n2ncc3c(Cl)nc(Cl)nc32)c1. The van der Waals surface area contributed by atoms with Gasteiger partial charge in [0.1, 0.15) is 5.15 Å². The van der Waals surface area contributed by atoms with Crippen LogP contribution in [0.2, 0.25) is 10.4 Å². The Morgan fingerprint density at radius 2 is 1.86 bits per heavy atom. The van der Waals surface area contributed by atoms with Gasteiger partial charge in [0.2, 0.25) is 5.28 Å². The van der Waals surface area contributed by atoms with E-state index in [9.17, 15) is 13.2 Å². The predicted molar refractivity (Wildman–Crippen MR) is 71.7 cm³/mol. The van der Waals surface area contributed by atoms with Crippen LogP contribution in [0, 0.1) is 0 Å². The molecule has 0 spiro atoms. The van der Waals surface area contributed by atoms with Crippen LogP contribution in [0.15, 0.2) is 30.5 Å². The summed E-state index contributed by atoms with van der Waals surface area (Å²) in [6.07, 6.45) is -3.07. The smallest absolute Gasteiger partial charge is 0.215 e. The number of hydrogen-bond acceptors (Lipinski definition) is 3. The third-order valence-electron chi connectivity index (χ3n) is 2.77. The number of aromatic nitrogens is 4. The first kappa shape index (κ1) is 14.1. The highest BCUT2D eigenvalue weighted by Crippen LogP contribution is 2.31. The quantitative estimate of drug-likeness (QED) is 0.497. The molecule has 0 aliphatic rings. The van der Waals surface area contributed by atoms with Crippen molar-refractivity contribution in [1.29, 1.82) is 0 Å². The average molecular weight is 333 g/mol. The lowest BCUT2D eigenvalue weighted by atomic mass is 10.2. The van der Waals surface area contributed by atoms with Gasteiger partial charge in [-0.25, -0.2) is 9.67 Å². The standard InChI is InChI=1S/C12H5Cl2F3N4/c13-9-8-5-18-21(10(8)20-11(14)19-9)7-3-1-2-6(4-7)12(15,16)17/h1-5H. The Balaban J connectivity index is 2.22. The second-order valence-electron chi connectivity index (χ2n) is 4.13. The van der Waals surface area contributed by atoms with E-state index in [1.165, 1.54) is 23.0 Å². The molecule has 3 aromatic rings. The lowest BCUT2D eigenvalue weighted by Gasteiger charge is -2.09. The molecular weight excluding hydrogens is 328 g/mol. The van der Waals surface area contributed by atoms with Gasteiger partial charge in [0, 0.05) is 0 Å². The summed E-state index contributed by atoms with van der Waals surface area (Å²) in [4.78, 5) is 7.71. The number of fused-ring (bicyclic) bond motifs is 1. The zero-order valence-corrected chi connectivity index (χ0v) is 11.6. The summed E-state index contributed by atoms with van der Waals surface area (Å²) in [5, 5.41) is 4.37. The number of halogens is 5. The third-order valence-corrected chi connectivity index (χ3v) is 3.23. The largest absolute Gasteiger partial charge is 0.416 e. The fourth-order valence-corrected chi connectivity index (χ4v) is 2.27. The van der Waals surface area contributed by atoms with Crippen LogP contribution in [0.25, 0.3) is 16.7 Å². The maximum atomic E-state index is 12.8. The van der Waals surface area contributed by atoms with Gasteiger partial charge < -0.3 is 0 Å². The lowest BCUT2D eigenvalue weighted by molar-refractivity contribution is -0.137. The van der Waals surface area contributed by atoms with Crippen molar-refractivity contribution < 1.29 is 13.2 Å². The van der Waals surface area contributed by atoms with Crippen LogP contribution in [-0.4, -0.2) is 19.7 Å². The first-order valence-corrected chi connectivity index (χ1v) is 6.36. The van der Waals surface area contributed by atoms with Gasteiger partial charge in [-0.2, -0.15) is 23.3 Å². The van der Waals surface area contributed by atoms with Crippen molar-refractivity contribution in [2.75, 3.05) is 0 Å². The van der Waals surface area contributed by atoms with E-state index in [0.29, 0.717) is 5.39 Å². The second kappa shape index (κ2) is 4.85. The molecule has 0 saturated heterocycles. The molecule has 0 unspecified atom stereocenters. The maximum absolute atomic E-state index is 12.8. The lowest BCUT2D eigenvalue weighted by Crippen LogP contribution is -2.06. The van der Waals surface area contributed by atoms with E-state index in [1.807, 2.05) is 0 Å². The highest BCUT2D eigenvalue weighted by molar-refractivity contribution is 6.35. The van der Waals surface area contributed by atoms with E-state index in [1.54, 1.807) is 0 Å². The van der Waals surface area contributed by atoms with Crippen molar-refractivity contribution in [1.82, 2.24) is 19.7 Å². The Labute approximate surface area is 126 Å². The fraction of sp³-hybridized carbons (Fsp3) is 0.0833. The summed E-state index contributed by atoms with van der Waals surface area (Å²) in [6, 6.07) is 4.71. The monoisotopic (exact) mass is 332 g/mol. The van der Waals surface area contributed by atoms with Gasteiger partial charge >= 0.3 is 6.18 Å². The van der Waals surface area contributed by atoms with Crippen molar-refractivity contribution in [3.63, 3.8) is 0 Å². The first-order valence-electron chi connectivity index (χ1n) is 5.60. The zero-order valence-electron chi connectivity index (χ0n) is 10.1. The molecule has 3 rings (SSSR count). The highest BCUT2D eigenvalue weighted by Gasteiger charge is 2.30. The molecule has 0 N–H and O–H groups in total. The first-order chi connectivity index (χ1) is 9.86. The summed E-state index contributed by atoms with van der Waals surface area (Å²) >= 11 is 11.6. The minimum absolute atomic E-state index is 0.0863. The average Bonchev–Trinajstić information content (AvgIpc) is 2.82. The van der Waals surface area contributed by atoms with Crippen LogP contribution in [0.4, 0.5) is 13.2 Å². The van der Waals surface area contributed by atoms with Crippen molar-refractivity contribution in [2.45, 2.75) is 6.18 Å². The van der Waals surface area contributed by atoms with Gasteiger partial charge in [-0.05, 0) is 29.8 Å². The molecule has 2 heterocycles. The summed E-state index contributed by atoms with van der Waals surface area (Å²) in [6.45, 7) is 0. The molecule has 0 atom stereocenters. The molecule has 2 aromatic heterocycles. The number of nitrogens with zero attached hydrogens (tertiary/aromatic N) is 4. The molecule has 0 radical (unpaired) electrons. The Kier molecular flexibility index (Phi) is 3.26. The number of hydrogen-bond donors (Lipinski definition) is 0. The number of benzene rings is 1. The Hall–Kier alpha value is -1.86. The molecule has 0 saturated carbocycles. The molecule has 108 valence electrons. The summed E-state index contributed by atoms with van der Waals surface area (Å²) in [5.74, 6) is 0. The van der Waals surface area contributed by atoms with Crippen molar-refractivity contribution in [3.05, 3.63) is 46.5 Å². The Morgan fingerprint density at radius 3 is 2.57 bits per heavy atom. The molecule has 0 bridgehead atoms. The summed E-state index contributed by atoms with van der Waals surface area (Å²) < 4.78 is 39.5. The molecule has 0 aliphatic heterocycles. The third kappa shape index (κ3) is 2.54. The van der Waals surface area contributed by atoms with Crippen molar-refractivity contribution in [2.24, 2.45) is 0 Å². The minimum Gasteiger partial charge on any atom is -0.215 e. The van der Waals surface area contributed by atoms with Crippen molar-refractivity contribution >= 4 is 34.2 Å². The topological polar surface area (TPSA) is 43.6 Å². The van der Waals surface area contributed by atoms with Crippen LogP contribution >= 0.6 is 23.2 Å². The van der Waals surface area contributed by atoms with Gasteiger partial charge in [-0.1, -0.05) is 17.7 Å². The van der Waals surface area contributed by atoms with Crippen LogP contribution in [-0.2, 0) is 6.18 Å². The highest BCUT2D eigenvalue weighted by atomic mass is 35.5. The molecule has 0 fully saturated rings. The van der Waals surface area contributed by atoms with Gasteiger partial charge in [-0.3, -0.25) is 0 Å². The Morgan fingerprint density at radius 1 is 1.10 bits per heavy atom.